The number of nitrogens with one attached hydrogen (secondary N) is 1. The van der Waals surface area contributed by atoms with Crippen LogP contribution in [0.2, 0.25) is 0 Å². The van der Waals surface area contributed by atoms with Crippen LogP contribution in [-0.2, 0) is 4.79 Å². The van der Waals surface area contributed by atoms with Gasteiger partial charge in [0.1, 0.15) is 5.54 Å². The van der Waals surface area contributed by atoms with Gasteiger partial charge in [0.25, 0.3) is 0 Å². The Morgan fingerprint density at radius 2 is 2.00 bits per heavy atom. The third-order valence-corrected chi connectivity index (χ3v) is 5.44. The van der Waals surface area contributed by atoms with Gasteiger partial charge in [0, 0.05) is 19.6 Å². The molecule has 1 heterocycles. The lowest BCUT2D eigenvalue weighted by atomic mass is 9.84. The van der Waals surface area contributed by atoms with Crippen molar-refractivity contribution in [1.82, 2.24) is 10.2 Å². The zero-order chi connectivity index (χ0) is 14.6. The average Bonchev–Trinajstić information content (AvgIpc) is 2.80. The monoisotopic (exact) mass is 281 g/mol. The van der Waals surface area contributed by atoms with E-state index < -0.39 is 0 Å². The third kappa shape index (κ3) is 3.34. The number of hydrogen-bond donors (Lipinski definition) is 2. The Morgan fingerprint density at radius 3 is 2.70 bits per heavy atom. The molecule has 20 heavy (non-hydrogen) atoms. The fourth-order valence-electron chi connectivity index (χ4n) is 4.01. The van der Waals surface area contributed by atoms with Gasteiger partial charge in [-0.05, 0) is 44.1 Å². The second-order valence-electron chi connectivity index (χ2n) is 6.92. The van der Waals surface area contributed by atoms with E-state index in [-0.39, 0.29) is 11.4 Å². The molecule has 1 aliphatic heterocycles. The molecule has 1 saturated heterocycles. The molecule has 0 aromatic rings. The molecule has 116 valence electrons. The molecular formula is C16H31N3O. The van der Waals surface area contributed by atoms with Crippen LogP contribution in [0.4, 0.5) is 0 Å². The molecule has 2 fully saturated rings. The standard InChI is InChI=1S/C16H31N3O/c1-13(2)14-5-3-7-16(8-6-14,15(17)20)19-11-4-9-18-10-12-19/h13-14,18H,3-12H2,1-2H3,(H2,17,20). The summed E-state index contributed by atoms with van der Waals surface area (Å²) in [6, 6.07) is 0. The first-order chi connectivity index (χ1) is 9.56. The zero-order valence-electron chi connectivity index (χ0n) is 13.2. The van der Waals surface area contributed by atoms with Crippen LogP contribution in [0.1, 0.15) is 52.4 Å². The fourth-order valence-corrected chi connectivity index (χ4v) is 4.01. The highest BCUT2D eigenvalue weighted by Crippen LogP contribution is 2.37. The van der Waals surface area contributed by atoms with E-state index in [1.807, 2.05) is 0 Å². The number of carbonyl (C=O) groups excluding carboxylic acids is 1. The number of primary amides is 1. The Hall–Kier alpha value is -0.610. The molecule has 0 aromatic heterocycles. The first kappa shape index (κ1) is 15.8. The predicted molar refractivity (Wildman–Crippen MR) is 82.4 cm³/mol. The van der Waals surface area contributed by atoms with E-state index in [0.29, 0.717) is 5.92 Å². The highest BCUT2D eigenvalue weighted by Gasteiger charge is 2.43. The molecule has 1 amide bonds. The molecule has 0 bridgehead atoms. The Kier molecular flexibility index (Phi) is 5.44. The molecule has 0 spiro atoms. The summed E-state index contributed by atoms with van der Waals surface area (Å²) < 4.78 is 0. The average molecular weight is 281 g/mol. The molecule has 1 aliphatic carbocycles. The van der Waals surface area contributed by atoms with Gasteiger partial charge >= 0.3 is 0 Å². The van der Waals surface area contributed by atoms with E-state index in [0.717, 1.165) is 64.2 Å². The SMILES string of the molecule is CC(C)C1CCCC(C(N)=O)(N2CCCNCC2)CC1. The van der Waals surface area contributed by atoms with Crippen LogP contribution in [0.3, 0.4) is 0 Å². The van der Waals surface area contributed by atoms with Crippen LogP contribution in [0.5, 0.6) is 0 Å². The lowest BCUT2D eigenvalue weighted by molar-refractivity contribution is -0.131. The maximum atomic E-state index is 12.3. The smallest absolute Gasteiger partial charge is 0.237 e. The molecule has 0 radical (unpaired) electrons. The summed E-state index contributed by atoms with van der Waals surface area (Å²) in [5.74, 6) is 1.37. The molecule has 3 N–H and O–H groups in total. The van der Waals surface area contributed by atoms with Crippen molar-refractivity contribution in [2.45, 2.75) is 57.9 Å². The topological polar surface area (TPSA) is 58.4 Å². The first-order valence-electron chi connectivity index (χ1n) is 8.32. The van der Waals surface area contributed by atoms with Crippen LogP contribution in [0.15, 0.2) is 0 Å². The molecule has 2 aliphatic rings. The van der Waals surface area contributed by atoms with Gasteiger partial charge in [-0.2, -0.15) is 0 Å². The highest BCUT2D eigenvalue weighted by molar-refractivity contribution is 5.84. The van der Waals surface area contributed by atoms with Crippen molar-refractivity contribution in [3.8, 4) is 0 Å². The summed E-state index contributed by atoms with van der Waals surface area (Å²) in [5, 5.41) is 3.42. The van der Waals surface area contributed by atoms with E-state index >= 15 is 0 Å². The van der Waals surface area contributed by atoms with Gasteiger partial charge in [-0.25, -0.2) is 0 Å². The van der Waals surface area contributed by atoms with Gasteiger partial charge in [-0.3, -0.25) is 9.69 Å². The molecule has 0 aromatic carbocycles. The van der Waals surface area contributed by atoms with Gasteiger partial charge in [0.05, 0.1) is 0 Å². The molecule has 1 saturated carbocycles. The molecule has 2 atom stereocenters. The summed E-state index contributed by atoms with van der Waals surface area (Å²) in [6.45, 7) is 8.59. The second kappa shape index (κ2) is 6.90. The molecule has 4 heteroatoms. The normalized spacial score (nSPS) is 33.6. The van der Waals surface area contributed by atoms with Gasteiger partial charge in [-0.15, -0.1) is 0 Å². The number of amides is 1. The Balaban J connectivity index is 2.14. The number of carbonyl (C=O) groups is 1. The van der Waals surface area contributed by atoms with Gasteiger partial charge in [-0.1, -0.05) is 26.7 Å². The zero-order valence-corrected chi connectivity index (χ0v) is 13.2. The fraction of sp³-hybridized carbons (Fsp3) is 0.938. The van der Waals surface area contributed by atoms with Crippen molar-refractivity contribution >= 4 is 5.91 Å². The first-order valence-corrected chi connectivity index (χ1v) is 8.32. The van der Waals surface area contributed by atoms with E-state index in [1.54, 1.807) is 0 Å². The molecule has 2 rings (SSSR count). The quantitative estimate of drug-likeness (QED) is 0.775. The minimum absolute atomic E-state index is 0.0937. The van der Waals surface area contributed by atoms with Crippen molar-refractivity contribution < 1.29 is 4.79 Å². The van der Waals surface area contributed by atoms with E-state index in [2.05, 4.69) is 24.1 Å². The lowest BCUT2D eigenvalue weighted by Gasteiger charge is -2.41. The van der Waals surface area contributed by atoms with Crippen molar-refractivity contribution in [3.05, 3.63) is 0 Å². The summed E-state index contributed by atoms with van der Waals surface area (Å²) in [4.78, 5) is 14.7. The largest absolute Gasteiger partial charge is 0.368 e. The lowest BCUT2D eigenvalue weighted by Crippen LogP contribution is -2.58. The minimum Gasteiger partial charge on any atom is -0.368 e. The van der Waals surface area contributed by atoms with Crippen LogP contribution in [-0.4, -0.2) is 42.5 Å². The maximum absolute atomic E-state index is 12.3. The number of nitrogens with two attached hydrogens (primary N) is 1. The van der Waals surface area contributed by atoms with Crippen LogP contribution < -0.4 is 11.1 Å². The van der Waals surface area contributed by atoms with E-state index in [1.165, 1.54) is 6.42 Å². The van der Waals surface area contributed by atoms with Crippen molar-refractivity contribution in [2.24, 2.45) is 17.6 Å². The predicted octanol–water partition coefficient (Wildman–Crippen LogP) is 1.74. The van der Waals surface area contributed by atoms with Crippen molar-refractivity contribution in [2.75, 3.05) is 26.2 Å². The highest BCUT2D eigenvalue weighted by atomic mass is 16.1. The Bertz CT molecular complexity index is 324. The second-order valence-corrected chi connectivity index (χ2v) is 6.92. The summed E-state index contributed by atoms with van der Waals surface area (Å²) >= 11 is 0. The number of rotatable bonds is 3. The summed E-state index contributed by atoms with van der Waals surface area (Å²) in [5.41, 5.74) is 5.49. The van der Waals surface area contributed by atoms with Gasteiger partial charge in [0.2, 0.25) is 5.91 Å². The molecular weight excluding hydrogens is 250 g/mol. The van der Waals surface area contributed by atoms with Gasteiger partial charge in [0.15, 0.2) is 0 Å². The maximum Gasteiger partial charge on any atom is 0.237 e. The van der Waals surface area contributed by atoms with Crippen LogP contribution in [0.25, 0.3) is 0 Å². The Morgan fingerprint density at radius 1 is 1.20 bits per heavy atom. The van der Waals surface area contributed by atoms with Crippen LogP contribution in [0, 0.1) is 11.8 Å². The summed E-state index contributed by atoms with van der Waals surface area (Å²) in [6.07, 6.45) is 6.54. The number of hydrogen-bond acceptors (Lipinski definition) is 3. The van der Waals surface area contributed by atoms with Crippen molar-refractivity contribution in [1.29, 1.82) is 0 Å². The van der Waals surface area contributed by atoms with Gasteiger partial charge < -0.3 is 11.1 Å². The van der Waals surface area contributed by atoms with Crippen molar-refractivity contribution in [3.63, 3.8) is 0 Å². The number of nitrogens with zero attached hydrogens (tertiary/aromatic N) is 1. The molecule has 2 unspecified atom stereocenters. The molecule has 4 nitrogen and oxygen atoms in total. The Labute approximate surface area is 123 Å². The minimum atomic E-state index is -0.379. The van der Waals surface area contributed by atoms with E-state index in [9.17, 15) is 4.79 Å². The summed E-state index contributed by atoms with van der Waals surface area (Å²) in [7, 11) is 0. The third-order valence-electron chi connectivity index (χ3n) is 5.44. The van der Waals surface area contributed by atoms with Crippen LogP contribution >= 0.6 is 0 Å². The van der Waals surface area contributed by atoms with E-state index in [4.69, 9.17) is 5.73 Å².